The lowest BCUT2D eigenvalue weighted by Crippen LogP contribution is -2.39. The molecule has 1 aromatic heterocycles. The van der Waals surface area contributed by atoms with Crippen LogP contribution in [0.25, 0.3) is 10.9 Å². The molecule has 2 atom stereocenters. The zero-order chi connectivity index (χ0) is 17.5. The highest BCUT2D eigenvalue weighted by Gasteiger charge is 2.10. The molecule has 25 heavy (non-hydrogen) atoms. The van der Waals surface area contributed by atoms with E-state index in [1.807, 2.05) is 55.5 Å². The maximum absolute atomic E-state index is 10.1. The standard InChI is InChI=1S/C19H23N3O3/c1-14(12-24-16-6-3-2-4-7-16)20-10-15(23)13-25-19-9-5-8-18-17(19)11-21-22-18/h2-9,11,14-15,20,23H,10,12-13H2,1H3,(H,21,22). The number of aliphatic hydroxyl groups excluding tert-OH is 1. The molecule has 0 spiro atoms. The number of ether oxygens (including phenoxy) is 2. The topological polar surface area (TPSA) is 79.4 Å². The van der Waals surface area contributed by atoms with E-state index in [1.54, 1.807) is 6.20 Å². The van der Waals surface area contributed by atoms with Crippen molar-refractivity contribution in [3.05, 3.63) is 54.7 Å². The molecule has 132 valence electrons. The number of para-hydroxylation sites is 1. The molecule has 0 aliphatic heterocycles. The summed E-state index contributed by atoms with van der Waals surface area (Å²) in [6.45, 7) is 3.19. The number of H-pyrrole nitrogens is 1. The van der Waals surface area contributed by atoms with Gasteiger partial charge in [-0.3, -0.25) is 5.10 Å². The summed E-state index contributed by atoms with van der Waals surface area (Å²) in [5.74, 6) is 1.55. The van der Waals surface area contributed by atoms with E-state index in [1.165, 1.54) is 0 Å². The average molecular weight is 341 g/mol. The van der Waals surface area contributed by atoms with Crippen LogP contribution in [0.5, 0.6) is 11.5 Å². The first-order chi connectivity index (χ1) is 12.2. The first-order valence-corrected chi connectivity index (χ1v) is 8.36. The van der Waals surface area contributed by atoms with Gasteiger partial charge in [-0.25, -0.2) is 0 Å². The Kier molecular flexibility index (Phi) is 5.87. The summed E-state index contributed by atoms with van der Waals surface area (Å²) in [7, 11) is 0. The Balaban J connectivity index is 1.39. The van der Waals surface area contributed by atoms with Crippen LogP contribution in [0.2, 0.25) is 0 Å². The number of aromatic amines is 1. The largest absolute Gasteiger partial charge is 0.492 e. The van der Waals surface area contributed by atoms with Gasteiger partial charge in [-0.15, -0.1) is 0 Å². The van der Waals surface area contributed by atoms with E-state index in [0.29, 0.717) is 18.9 Å². The van der Waals surface area contributed by atoms with Gasteiger partial charge in [0.15, 0.2) is 0 Å². The third-order valence-corrected chi connectivity index (χ3v) is 3.82. The van der Waals surface area contributed by atoms with Crippen LogP contribution in [0.15, 0.2) is 54.7 Å². The molecule has 0 bridgehead atoms. The van der Waals surface area contributed by atoms with Gasteiger partial charge in [0.05, 0.1) is 17.1 Å². The van der Waals surface area contributed by atoms with Crippen molar-refractivity contribution >= 4 is 10.9 Å². The molecule has 0 radical (unpaired) electrons. The zero-order valence-corrected chi connectivity index (χ0v) is 14.2. The van der Waals surface area contributed by atoms with Crippen molar-refractivity contribution in [2.45, 2.75) is 19.1 Å². The van der Waals surface area contributed by atoms with Gasteiger partial charge in [0.2, 0.25) is 0 Å². The molecular formula is C19H23N3O3. The number of benzene rings is 2. The molecule has 3 aromatic rings. The minimum Gasteiger partial charge on any atom is -0.492 e. The van der Waals surface area contributed by atoms with Crippen LogP contribution in [0.4, 0.5) is 0 Å². The molecule has 0 amide bonds. The van der Waals surface area contributed by atoms with E-state index >= 15 is 0 Å². The third-order valence-electron chi connectivity index (χ3n) is 3.82. The molecule has 3 N–H and O–H groups in total. The van der Waals surface area contributed by atoms with Crippen LogP contribution in [-0.4, -0.2) is 47.2 Å². The van der Waals surface area contributed by atoms with Crippen molar-refractivity contribution in [1.82, 2.24) is 15.5 Å². The molecule has 0 saturated heterocycles. The van der Waals surface area contributed by atoms with Crippen LogP contribution in [-0.2, 0) is 0 Å². The molecule has 0 fully saturated rings. The lowest BCUT2D eigenvalue weighted by molar-refractivity contribution is 0.102. The lowest BCUT2D eigenvalue weighted by atomic mass is 10.2. The van der Waals surface area contributed by atoms with Gasteiger partial charge < -0.3 is 19.9 Å². The summed E-state index contributed by atoms with van der Waals surface area (Å²) < 4.78 is 11.4. The highest BCUT2D eigenvalue weighted by atomic mass is 16.5. The predicted octanol–water partition coefficient (Wildman–Crippen LogP) is 2.36. The number of aromatic nitrogens is 2. The van der Waals surface area contributed by atoms with Crippen molar-refractivity contribution < 1.29 is 14.6 Å². The lowest BCUT2D eigenvalue weighted by Gasteiger charge is -2.18. The highest BCUT2D eigenvalue weighted by molar-refractivity contribution is 5.84. The molecule has 0 aliphatic carbocycles. The number of aliphatic hydroxyl groups is 1. The number of nitrogens with one attached hydrogen (secondary N) is 2. The fraction of sp³-hybridized carbons (Fsp3) is 0.316. The fourth-order valence-corrected chi connectivity index (χ4v) is 2.45. The smallest absolute Gasteiger partial charge is 0.130 e. The van der Waals surface area contributed by atoms with Crippen molar-refractivity contribution in [3.63, 3.8) is 0 Å². The third kappa shape index (κ3) is 4.95. The van der Waals surface area contributed by atoms with Gasteiger partial charge in [0, 0.05) is 12.6 Å². The number of fused-ring (bicyclic) bond motifs is 1. The first-order valence-electron chi connectivity index (χ1n) is 8.36. The highest BCUT2D eigenvalue weighted by Crippen LogP contribution is 2.23. The number of nitrogens with zero attached hydrogens (tertiary/aromatic N) is 1. The molecular weight excluding hydrogens is 318 g/mol. The average Bonchev–Trinajstić information content (AvgIpc) is 3.13. The van der Waals surface area contributed by atoms with Gasteiger partial charge in [-0.1, -0.05) is 24.3 Å². The quantitative estimate of drug-likeness (QED) is 0.557. The van der Waals surface area contributed by atoms with E-state index in [-0.39, 0.29) is 12.6 Å². The first kappa shape index (κ1) is 17.3. The van der Waals surface area contributed by atoms with Crippen LogP contribution >= 0.6 is 0 Å². The second-order valence-corrected chi connectivity index (χ2v) is 5.99. The monoisotopic (exact) mass is 341 g/mol. The maximum atomic E-state index is 10.1. The van der Waals surface area contributed by atoms with Gasteiger partial charge >= 0.3 is 0 Å². The van der Waals surface area contributed by atoms with E-state index < -0.39 is 6.10 Å². The van der Waals surface area contributed by atoms with Crippen molar-refractivity contribution in [1.29, 1.82) is 0 Å². The molecule has 6 nitrogen and oxygen atoms in total. The minimum absolute atomic E-state index is 0.118. The second kappa shape index (κ2) is 8.50. The Morgan fingerprint density at radius 2 is 1.92 bits per heavy atom. The maximum Gasteiger partial charge on any atom is 0.130 e. The van der Waals surface area contributed by atoms with E-state index in [9.17, 15) is 5.11 Å². The van der Waals surface area contributed by atoms with Crippen LogP contribution in [0.3, 0.4) is 0 Å². The van der Waals surface area contributed by atoms with Gasteiger partial charge in [0.25, 0.3) is 0 Å². The Morgan fingerprint density at radius 3 is 2.76 bits per heavy atom. The normalized spacial score (nSPS) is 13.5. The van der Waals surface area contributed by atoms with Gasteiger partial charge in [-0.05, 0) is 31.2 Å². The summed E-state index contributed by atoms with van der Waals surface area (Å²) in [6.07, 6.45) is 1.11. The number of hydrogen-bond donors (Lipinski definition) is 3. The summed E-state index contributed by atoms with van der Waals surface area (Å²) in [4.78, 5) is 0. The zero-order valence-electron chi connectivity index (χ0n) is 14.2. The Morgan fingerprint density at radius 1 is 1.08 bits per heavy atom. The van der Waals surface area contributed by atoms with Crippen LogP contribution < -0.4 is 14.8 Å². The SMILES string of the molecule is CC(COc1ccccc1)NCC(O)COc1cccc2[nH]ncc12. The van der Waals surface area contributed by atoms with Crippen molar-refractivity contribution in [2.75, 3.05) is 19.8 Å². The molecule has 0 aliphatic rings. The number of rotatable bonds is 9. The Labute approximate surface area is 146 Å². The minimum atomic E-state index is -0.610. The summed E-state index contributed by atoms with van der Waals surface area (Å²) in [5.41, 5.74) is 0.914. The van der Waals surface area contributed by atoms with E-state index in [0.717, 1.165) is 16.7 Å². The molecule has 0 saturated carbocycles. The molecule has 6 heteroatoms. The fourth-order valence-electron chi connectivity index (χ4n) is 2.45. The van der Waals surface area contributed by atoms with Crippen LogP contribution in [0.1, 0.15) is 6.92 Å². The van der Waals surface area contributed by atoms with Gasteiger partial charge in [-0.2, -0.15) is 5.10 Å². The Bertz CT molecular complexity index is 776. The Hall–Kier alpha value is -2.57. The molecule has 3 rings (SSSR count). The number of hydrogen-bond acceptors (Lipinski definition) is 5. The summed E-state index contributed by atoms with van der Waals surface area (Å²) in [6, 6.07) is 15.5. The summed E-state index contributed by atoms with van der Waals surface area (Å²) >= 11 is 0. The van der Waals surface area contributed by atoms with Crippen LogP contribution in [0, 0.1) is 0 Å². The molecule has 2 unspecified atom stereocenters. The summed E-state index contributed by atoms with van der Waals surface area (Å²) in [5, 5.41) is 21.2. The second-order valence-electron chi connectivity index (χ2n) is 5.99. The van der Waals surface area contributed by atoms with E-state index in [4.69, 9.17) is 9.47 Å². The van der Waals surface area contributed by atoms with Gasteiger partial charge in [0.1, 0.15) is 30.8 Å². The van der Waals surface area contributed by atoms with Crippen molar-refractivity contribution in [2.24, 2.45) is 0 Å². The molecule has 1 heterocycles. The van der Waals surface area contributed by atoms with E-state index in [2.05, 4.69) is 15.5 Å². The van der Waals surface area contributed by atoms with Crippen molar-refractivity contribution in [3.8, 4) is 11.5 Å². The predicted molar refractivity (Wildman–Crippen MR) is 97.0 cm³/mol. The molecule has 2 aromatic carbocycles.